The predicted molar refractivity (Wildman–Crippen MR) is 96.2 cm³/mol. The number of aliphatic imine (C=N–C) groups is 1. The molecule has 0 bridgehead atoms. The molecule has 1 aromatic rings. The Kier molecular flexibility index (Phi) is 7.64. The van der Waals surface area contributed by atoms with Gasteiger partial charge in [0.25, 0.3) is 0 Å². The Bertz CT molecular complexity index is 531. The van der Waals surface area contributed by atoms with E-state index in [0.29, 0.717) is 17.5 Å². The van der Waals surface area contributed by atoms with Gasteiger partial charge in [0.2, 0.25) is 0 Å². The first-order chi connectivity index (χ1) is 11.7. The summed E-state index contributed by atoms with van der Waals surface area (Å²) >= 11 is 0. The average Bonchev–Trinajstić information content (AvgIpc) is 2.62. The van der Waals surface area contributed by atoms with Crippen LogP contribution in [0, 0.1) is 0 Å². The third kappa shape index (κ3) is 5.90. The van der Waals surface area contributed by atoms with E-state index >= 15 is 0 Å². The summed E-state index contributed by atoms with van der Waals surface area (Å²) < 4.78 is 15.8. The van der Waals surface area contributed by atoms with Gasteiger partial charge in [-0.2, -0.15) is 0 Å². The number of benzene rings is 1. The summed E-state index contributed by atoms with van der Waals surface area (Å²) in [5, 5.41) is 3.07. The number of hydrogen-bond acceptors (Lipinski definition) is 5. The standard InChI is InChI=1S/C17H28N4O3/c1-22-15-6-5-14(13-16(15)23-2)20-17(18)19-7-3-4-8-21-9-11-24-12-10-21/h5-6,13H,3-4,7-12H2,1-2H3,(H3,18,19,20). The van der Waals surface area contributed by atoms with Crippen molar-refractivity contribution >= 4 is 11.6 Å². The predicted octanol–water partition coefficient (Wildman–Crippen LogP) is 1.54. The van der Waals surface area contributed by atoms with Gasteiger partial charge in [-0.15, -0.1) is 0 Å². The molecule has 1 aliphatic heterocycles. The molecule has 0 radical (unpaired) electrons. The van der Waals surface area contributed by atoms with Gasteiger partial charge >= 0.3 is 0 Å². The molecule has 134 valence electrons. The van der Waals surface area contributed by atoms with Gasteiger partial charge in [0.05, 0.1) is 27.4 Å². The number of morpholine rings is 1. The number of methoxy groups -OCH3 is 2. The molecule has 1 saturated heterocycles. The van der Waals surface area contributed by atoms with Gasteiger partial charge in [0.1, 0.15) is 0 Å². The molecule has 24 heavy (non-hydrogen) atoms. The fourth-order valence-electron chi connectivity index (χ4n) is 2.57. The van der Waals surface area contributed by atoms with Crippen molar-refractivity contribution in [2.75, 3.05) is 58.9 Å². The molecule has 1 aromatic carbocycles. The maximum atomic E-state index is 5.93. The van der Waals surface area contributed by atoms with Crippen molar-refractivity contribution < 1.29 is 14.2 Å². The molecule has 0 aliphatic carbocycles. The van der Waals surface area contributed by atoms with E-state index in [0.717, 1.165) is 57.9 Å². The molecule has 7 heteroatoms. The van der Waals surface area contributed by atoms with Gasteiger partial charge < -0.3 is 25.3 Å². The van der Waals surface area contributed by atoms with Gasteiger partial charge in [-0.3, -0.25) is 9.89 Å². The fraction of sp³-hybridized carbons (Fsp3) is 0.588. The van der Waals surface area contributed by atoms with Crippen LogP contribution in [0.15, 0.2) is 23.2 Å². The normalized spacial score (nSPS) is 16.0. The molecular weight excluding hydrogens is 308 g/mol. The highest BCUT2D eigenvalue weighted by Gasteiger charge is 2.09. The quantitative estimate of drug-likeness (QED) is 0.426. The Morgan fingerprint density at radius 2 is 1.96 bits per heavy atom. The van der Waals surface area contributed by atoms with Crippen molar-refractivity contribution in [1.82, 2.24) is 4.90 Å². The minimum absolute atomic E-state index is 0.411. The summed E-state index contributed by atoms with van der Waals surface area (Å²) in [6.45, 7) is 5.58. The van der Waals surface area contributed by atoms with Crippen LogP contribution in [-0.4, -0.2) is 64.5 Å². The van der Waals surface area contributed by atoms with E-state index in [1.165, 1.54) is 0 Å². The number of unbranched alkanes of at least 4 members (excludes halogenated alkanes) is 1. The smallest absolute Gasteiger partial charge is 0.193 e. The molecule has 1 heterocycles. The minimum Gasteiger partial charge on any atom is -0.493 e. The van der Waals surface area contributed by atoms with Crippen molar-refractivity contribution in [2.45, 2.75) is 12.8 Å². The molecule has 2 rings (SSSR count). The van der Waals surface area contributed by atoms with Crippen LogP contribution in [0.25, 0.3) is 0 Å². The van der Waals surface area contributed by atoms with Crippen LogP contribution in [0.4, 0.5) is 5.69 Å². The van der Waals surface area contributed by atoms with Gasteiger partial charge in [0.15, 0.2) is 17.5 Å². The van der Waals surface area contributed by atoms with Gasteiger partial charge in [0, 0.05) is 31.4 Å². The maximum Gasteiger partial charge on any atom is 0.193 e. The SMILES string of the molecule is COc1ccc(NC(N)=NCCCCN2CCOCC2)cc1OC. The molecule has 0 saturated carbocycles. The monoisotopic (exact) mass is 336 g/mol. The molecule has 1 fully saturated rings. The number of guanidine groups is 1. The Hall–Kier alpha value is -1.99. The Balaban J connectivity index is 1.71. The van der Waals surface area contributed by atoms with E-state index in [-0.39, 0.29) is 0 Å². The van der Waals surface area contributed by atoms with Gasteiger partial charge in [-0.05, 0) is 31.5 Å². The lowest BCUT2D eigenvalue weighted by molar-refractivity contribution is 0.0373. The highest BCUT2D eigenvalue weighted by atomic mass is 16.5. The van der Waals surface area contributed by atoms with Crippen molar-refractivity contribution in [3.05, 3.63) is 18.2 Å². The van der Waals surface area contributed by atoms with Crippen LogP contribution < -0.4 is 20.5 Å². The van der Waals surface area contributed by atoms with E-state index in [1.807, 2.05) is 18.2 Å². The van der Waals surface area contributed by atoms with Crippen molar-refractivity contribution in [3.8, 4) is 11.5 Å². The Morgan fingerprint density at radius 3 is 2.67 bits per heavy atom. The third-order valence-electron chi connectivity index (χ3n) is 3.92. The summed E-state index contributed by atoms with van der Waals surface area (Å²) in [4.78, 5) is 6.80. The molecular formula is C17H28N4O3. The zero-order valence-corrected chi connectivity index (χ0v) is 14.6. The summed E-state index contributed by atoms with van der Waals surface area (Å²) in [5.74, 6) is 1.75. The fourth-order valence-corrected chi connectivity index (χ4v) is 2.57. The second kappa shape index (κ2) is 10.00. The van der Waals surface area contributed by atoms with Crippen LogP contribution in [0.3, 0.4) is 0 Å². The number of anilines is 1. The first-order valence-corrected chi connectivity index (χ1v) is 8.32. The van der Waals surface area contributed by atoms with E-state index in [9.17, 15) is 0 Å². The van der Waals surface area contributed by atoms with Crippen LogP contribution in [0.2, 0.25) is 0 Å². The molecule has 0 atom stereocenters. The molecule has 3 N–H and O–H groups in total. The Morgan fingerprint density at radius 1 is 1.21 bits per heavy atom. The summed E-state index contributed by atoms with van der Waals surface area (Å²) in [6, 6.07) is 5.54. The number of ether oxygens (including phenoxy) is 3. The van der Waals surface area contributed by atoms with E-state index < -0.39 is 0 Å². The first kappa shape index (κ1) is 18.4. The average molecular weight is 336 g/mol. The lowest BCUT2D eigenvalue weighted by atomic mass is 10.2. The lowest BCUT2D eigenvalue weighted by Crippen LogP contribution is -2.36. The largest absolute Gasteiger partial charge is 0.493 e. The van der Waals surface area contributed by atoms with Crippen molar-refractivity contribution in [3.63, 3.8) is 0 Å². The van der Waals surface area contributed by atoms with Crippen LogP contribution in [-0.2, 0) is 4.74 Å². The second-order valence-electron chi connectivity index (χ2n) is 5.62. The zero-order valence-electron chi connectivity index (χ0n) is 14.6. The number of nitrogens with two attached hydrogens (primary N) is 1. The molecule has 1 aliphatic rings. The van der Waals surface area contributed by atoms with Crippen molar-refractivity contribution in [1.29, 1.82) is 0 Å². The number of nitrogens with zero attached hydrogens (tertiary/aromatic N) is 2. The van der Waals surface area contributed by atoms with Crippen LogP contribution in [0.5, 0.6) is 11.5 Å². The van der Waals surface area contributed by atoms with Crippen LogP contribution >= 0.6 is 0 Å². The van der Waals surface area contributed by atoms with E-state index in [2.05, 4.69) is 15.2 Å². The lowest BCUT2D eigenvalue weighted by Gasteiger charge is -2.26. The summed E-state index contributed by atoms with van der Waals surface area (Å²) in [6.07, 6.45) is 2.14. The van der Waals surface area contributed by atoms with Gasteiger partial charge in [-0.25, -0.2) is 0 Å². The highest BCUT2D eigenvalue weighted by molar-refractivity contribution is 5.92. The molecule has 0 spiro atoms. The zero-order chi connectivity index (χ0) is 17.2. The molecule has 0 aromatic heterocycles. The molecule has 7 nitrogen and oxygen atoms in total. The summed E-state index contributed by atoms with van der Waals surface area (Å²) in [7, 11) is 3.21. The third-order valence-corrected chi connectivity index (χ3v) is 3.92. The highest BCUT2D eigenvalue weighted by Crippen LogP contribution is 2.29. The number of nitrogens with one attached hydrogen (secondary N) is 1. The van der Waals surface area contributed by atoms with Crippen LogP contribution in [0.1, 0.15) is 12.8 Å². The molecule has 0 amide bonds. The van der Waals surface area contributed by atoms with E-state index in [4.69, 9.17) is 19.9 Å². The number of hydrogen-bond donors (Lipinski definition) is 2. The van der Waals surface area contributed by atoms with Crippen molar-refractivity contribution in [2.24, 2.45) is 10.7 Å². The maximum absolute atomic E-state index is 5.93. The topological polar surface area (TPSA) is 81.3 Å². The molecule has 0 unspecified atom stereocenters. The number of rotatable bonds is 8. The second-order valence-corrected chi connectivity index (χ2v) is 5.62. The van der Waals surface area contributed by atoms with Gasteiger partial charge in [-0.1, -0.05) is 0 Å². The first-order valence-electron chi connectivity index (χ1n) is 8.32. The van der Waals surface area contributed by atoms with E-state index in [1.54, 1.807) is 14.2 Å². The minimum atomic E-state index is 0.411. The Labute approximate surface area is 143 Å². The summed E-state index contributed by atoms with van der Waals surface area (Å²) in [5.41, 5.74) is 6.75.